The minimum absolute atomic E-state index is 0.284. The van der Waals surface area contributed by atoms with Crippen molar-refractivity contribution in [2.75, 3.05) is 6.26 Å². The van der Waals surface area contributed by atoms with Crippen LogP contribution < -0.4 is 5.32 Å². The highest BCUT2D eigenvalue weighted by atomic mass is 32.2. The number of nitrogens with zero attached hydrogens (tertiary/aromatic N) is 1. The van der Waals surface area contributed by atoms with Gasteiger partial charge in [-0.2, -0.15) is 10.6 Å². The minimum atomic E-state index is -1.32. The van der Waals surface area contributed by atoms with Crippen LogP contribution in [0.25, 0.3) is 0 Å². The van der Waals surface area contributed by atoms with E-state index in [2.05, 4.69) is 9.68 Å². The second kappa shape index (κ2) is 3.47. The van der Waals surface area contributed by atoms with Crippen LogP contribution in [0.3, 0.4) is 0 Å². The molecule has 1 aromatic rings. The third-order valence-electron chi connectivity index (χ3n) is 1.95. The van der Waals surface area contributed by atoms with Gasteiger partial charge in [-0.3, -0.25) is 14.9 Å². The normalized spacial score (nSPS) is 16.3. The van der Waals surface area contributed by atoms with Gasteiger partial charge in [0.2, 0.25) is 0 Å². The molecular formula is C9H7N2O3S-. The number of imide groups is 1. The highest BCUT2D eigenvalue weighted by Gasteiger charge is 2.26. The molecule has 2 amide bonds. The highest BCUT2D eigenvalue weighted by molar-refractivity contribution is 7.74. The number of hydrogen-bond acceptors (Lipinski definition) is 5. The molecule has 0 saturated carbocycles. The van der Waals surface area contributed by atoms with Gasteiger partial charge in [-0.15, -0.1) is 6.26 Å². The van der Waals surface area contributed by atoms with E-state index in [1.807, 2.05) is 0 Å². The molecule has 78 valence electrons. The fourth-order valence-electron chi connectivity index (χ4n) is 1.36. The summed E-state index contributed by atoms with van der Waals surface area (Å²) in [6.45, 7) is 0. The van der Waals surface area contributed by atoms with E-state index in [4.69, 9.17) is 0 Å². The topological polar surface area (TPSA) is 75.6 Å². The van der Waals surface area contributed by atoms with E-state index in [1.54, 1.807) is 6.07 Å². The predicted molar refractivity (Wildman–Crippen MR) is 54.3 cm³/mol. The van der Waals surface area contributed by atoms with Crippen LogP contribution >= 0.6 is 0 Å². The van der Waals surface area contributed by atoms with Gasteiger partial charge in [0, 0.05) is 5.69 Å². The number of benzene rings is 1. The van der Waals surface area contributed by atoms with E-state index in [0.717, 1.165) is 0 Å². The molecule has 0 aliphatic carbocycles. The van der Waals surface area contributed by atoms with Crippen LogP contribution in [0, 0.1) is 0 Å². The zero-order chi connectivity index (χ0) is 11.0. The van der Waals surface area contributed by atoms with Crippen molar-refractivity contribution in [1.82, 2.24) is 5.32 Å². The Kier molecular flexibility index (Phi) is 2.28. The van der Waals surface area contributed by atoms with Crippen molar-refractivity contribution < 1.29 is 13.8 Å². The Labute approximate surface area is 87.7 Å². The first kappa shape index (κ1) is 9.85. The molecule has 15 heavy (non-hydrogen) atoms. The fraction of sp³-hybridized carbons (Fsp3) is 0.111. The molecule has 1 aromatic carbocycles. The molecule has 5 nitrogen and oxygen atoms in total. The SMILES string of the molecule is C[S-](=O)=Nc1ccc2c(c1)C(=O)NC2=O. The summed E-state index contributed by atoms with van der Waals surface area (Å²) in [6.07, 6.45) is 1.43. The molecule has 0 fully saturated rings. The second-order valence-corrected chi connectivity index (χ2v) is 4.06. The molecule has 2 rings (SSSR count). The van der Waals surface area contributed by atoms with Crippen LogP contribution in [-0.4, -0.2) is 18.1 Å². The average molecular weight is 223 g/mol. The van der Waals surface area contributed by atoms with Crippen LogP contribution in [-0.2, 0) is 14.8 Å². The molecule has 0 radical (unpaired) electrons. The van der Waals surface area contributed by atoms with Gasteiger partial charge in [0.15, 0.2) is 0 Å². The van der Waals surface area contributed by atoms with Crippen molar-refractivity contribution in [3.05, 3.63) is 29.3 Å². The quantitative estimate of drug-likeness (QED) is 0.569. The number of carbonyl (C=O) groups excluding carboxylic acids is 2. The molecular weight excluding hydrogens is 216 g/mol. The standard InChI is InChI=1S/C9H7N2O3S/c1-15(14)11-5-2-3-6-7(4-5)9(13)10-8(6)12/h2-4H,1H3,(H,10,12,13)/q-1. The average Bonchev–Trinajstić information content (AvgIpc) is 2.41. The highest BCUT2D eigenvalue weighted by Crippen LogP contribution is 2.22. The van der Waals surface area contributed by atoms with Gasteiger partial charge in [-0.25, -0.2) is 0 Å². The predicted octanol–water partition coefficient (Wildman–Crippen LogP) is 0.979. The lowest BCUT2D eigenvalue weighted by Gasteiger charge is -1.99. The third-order valence-corrected chi connectivity index (χ3v) is 2.42. The van der Waals surface area contributed by atoms with Crippen LogP contribution in [0.1, 0.15) is 20.7 Å². The summed E-state index contributed by atoms with van der Waals surface area (Å²) in [5.74, 6) is -0.840. The zero-order valence-electron chi connectivity index (χ0n) is 7.81. The molecule has 1 aliphatic heterocycles. The maximum atomic E-state index is 11.3. The molecule has 0 spiro atoms. The monoisotopic (exact) mass is 223 g/mol. The van der Waals surface area contributed by atoms with Gasteiger partial charge >= 0.3 is 0 Å². The molecule has 0 bridgehead atoms. The van der Waals surface area contributed by atoms with Crippen molar-refractivity contribution in [3.8, 4) is 0 Å². The van der Waals surface area contributed by atoms with Gasteiger partial charge in [-0.05, 0) is 18.2 Å². The Morgan fingerprint density at radius 1 is 1.20 bits per heavy atom. The Bertz CT molecular complexity index is 544. The van der Waals surface area contributed by atoms with Crippen molar-refractivity contribution >= 4 is 28.1 Å². The van der Waals surface area contributed by atoms with Crippen molar-refractivity contribution in [1.29, 1.82) is 0 Å². The maximum Gasteiger partial charge on any atom is 0.259 e. The number of carbonyl (C=O) groups is 2. The molecule has 0 aromatic heterocycles. The number of nitrogens with one attached hydrogen (secondary N) is 1. The van der Waals surface area contributed by atoms with E-state index < -0.39 is 22.4 Å². The van der Waals surface area contributed by atoms with E-state index in [1.165, 1.54) is 18.4 Å². The van der Waals surface area contributed by atoms with Crippen molar-refractivity contribution in [2.24, 2.45) is 4.36 Å². The zero-order valence-corrected chi connectivity index (χ0v) is 8.63. The number of hydrogen-bond donors (Lipinski definition) is 1. The molecule has 6 heteroatoms. The maximum absolute atomic E-state index is 11.3. The molecule has 0 saturated heterocycles. The lowest BCUT2D eigenvalue weighted by Crippen LogP contribution is -2.19. The minimum Gasteiger partial charge on any atom is -0.444 e. The summed E-state index contributed by atoms with van der Waals surface area (Å²) in [7, 11) is -1.32. The van der Waals surface area contributed by atoms with Crippen LogP contribution in [0.2, 0.25) is 0 Å². The van der Waals surface area contributed by atoms with Gasteiger partial charge in [0.1, 0.15) is 0 Å². The third kappa shape index (κ3) is 1.75. The summed E-state index contributed by atoms with van der Waals surface area (Å²) in [5.41, 5.74) is 1.05. The van der Waals surface area contributed by atoms with Gasteiger partial charge in [0.25, 0.3) is 11.8 Å². The lowest BCUT2D eigenvalue weighted by atomic mass is 10.1. The Morgan fingerprint density at radius 2 is 1.87 bits per heavy atom. The van der Waals surface area contributed by atoms with Gasteiger partial charge in [-0.1, -0.05) is 0 Å². The smallest absolute Gasteiger partial charge is 0.259 e. The molecule has 0 unspecified atom stereocenters. The summed E-state index contributed by atoms with van der Waals surface area (Å²) in [4.78, 5) is 22.5. The largest absolute Gasteiger partial charge is 0.444 e. The molecule has 1 N–H and O–H groups in total. The van der Waals surface area contributed by atoms with E-state index in [9.17, 15) is 13.8 Å². The Morgan fingerprint density at radius 3 is 2.53 bits per heavy atom. The van der Waals surface area contributed by atoms with Crippen LogP contribution in [0.15, 0.2) is 22.6 Å². The first-order chi connectivity index (χ1) is 7.08. The van der Waals surface area contributed by atoms with Crippen LogP contribution in [0.5, 0.6) is 0 Å². The fourth-order valence-corrected chi connectivity index (χ4v) is 1.77. The van der Waals surface area contributed by atoms with Crippen molar-refractivity contribution in [2.45, 2.75) is 0 Å². The van der Waals surface area contributed by atoms with E-state index in [-0.39, 0.29) is 5.56 Å². The van der Waals surface area contributed by atoms with Crippen LogP contribution in [0.4, 0.5) is 5.69 Å². The van der Waals surface area contributed by atoms with E-state index in [0.29, 0.717) is 11.3 Å². The second-order valence-electron chi connectivity index (χ2n) is 3.03. The summed E-state index contributed by atoms with van der Waals surface area (Å²) < 4.78 is 14.6. The van der Waals surface area contributed by atoms with Gasteiger partial charge < -0.3 is 8.57 Å². The first-order valence-corrected chi connectivity index (χ1v) is 5.64. The number of rotatable bonds is 1. The van der Waals surface area contributed by atoms with E-state index >= 15 is 0 Å². The number of fused-ring (bicyclic) bond motifs is 1. The molecule has 0 atom stereocenters. The first-order valence-electron chi connectivity index (χ1n) is 4.13. The molecule has 1 aliphatic rings. The van der Waals surface area contributed by atoms with Gasteiger partial charge in [0.05, 0.1) is 11.1 Å². The lowest BCUT2D eigenvalue weighted by molar-refractivity contribution is 0.0879. The summed E-state index contributed by atoms with van der Waals surface area (Å²) >= 11 is 0. The summed E-state index contributed by atoms with van der Waals surface area (Å²) in [5, 5.41) is 2.17. The van der Waals surface area contributed by atoms with Crippen molar-refractivity contribution in [3.63, 3.8) is 0 Å². The summed E-state index contributed by atoms with van der Waals surface area (Å²) in [6, 6.07) is 4.51. The molecule has 1 heterocycles. The Hall–Kier alpha value is -1.69. The number of amides is 2. The Balaban J connectivity index is 2.57.